The number of thiophene rings is 1. The monoisotopic (exact) mass is 177 g/mol. The van der Waals surface area contributed by atoms with Crippen molar-refractivity contribution in [2.75, 3.05) is 0 Å². The van der Waals surface area contributed by atoms with E-state index in [0.717, 1.165) is 0 Å². The van der Waals surface area contributed by atoms with Gasteiger partial charge >= 0.3 is 6.09 Å². The van der Waals surface area contributed by atoms with Crippen molar-refractivity contribution in [3.05, 3.63) is 15.8 Å². The van der Waals surface area contributed by atoms with E-state index in [1.54, 1.807) is 10.8 Å². The quantitative estimate of drug-likeness (QED) is 0.712. The van der Waals surface area contributed by atoms with Crippen LogP contribution in [0.5, 0.6) is 5.75 Å². The predicted molar refractivity (Wildman–Crippen MR) is 39.5 cm³/mol. The van der Waals surface area contributed by atoms with Gasteiger partial charge in [-0.15, -0.1) is 11.3 Å². The van der Waals surface area contributed by atoms with Crippen molar-refractivity contribution in [1.82, 2.24) is 0 Å². The maximum absolute atomic E-state index is 10.2. The molecule has 1 heterocycles. The van der Waals surface area contributed by atoms with Crippen LogP contribution < -0.4 is 10.5 Å². The second-order valence-corrected chi connectivity index (χ2v) is 2.66. The van der Waals surface area contributed by atoms with Gasteiger partial charge in [-0.05, 0) is 0 Å². The molecule has 0 aliphatic heterocycles. The molecule has 3 nitrogen and oxygen atoms in total. The summed E-state index contributed by atoms with van der Waals surface area (Å²) in [5.41, 5.74) is 4.74. The molecule has 0 aliphatic rings. The summed E-state index contributed by atoms with van der Waals surface area (Å²) < 4.78 is 4.50. The highest BCUT2D eigenvalue weighted by molar-refractivity contribution is 7.08. The summed E-state index contributed by atoms with van der Waals surface area (Å²) in [6, 6.07) is 0. The van der Waals surface area contributed by atoms with Crippen LogP contribution in [-0.4, -0.2) is 6.09 Å². The molecule has 1 aromatic rings. The van der Waals surface area contributed by atoms with Crippen LogP contribution in [0.4, 0.5) is 4.79 Å². The van der Waals surface area contributed by atoms with Gasteiger partial charge in [0.25, 0.3) is 0 Å². The first-order chi connectivity index (χ1) is 4.70. The van der Waals surface area contributed by atoms with E-state index in [4.69, 9.17) is 17.3 Å². The highest BCUT2D eigenvalue weighted by Gasteiger charge is 2.03. The van der Waals surface area contributed by atoms with Gasteiger partial charge in [-0.1, -0.05) is 11.6 Å². The van der Waals surface area contributed by atoms with E-state index in [9.17, 15) is 4.79 Å². The first kappa shape index (κ1) is 7.37. The molecule has 0 fully saturated rings. The van der Waals surface area contributed by atoms with E-state index in [0.29, 0.717) is 10.8 Å². The van der Waals surface area contributed by atoms with Crippen molar-refractivity contribution in [2.24, 2.45) is 5.73 Å². The molecule has 0 atom stereocenters. The molecule has 0 radical (unpaired) electrons. The molecule has 1 aromatic heterocycles. The summed E-state index contributed by atoms with van der Waals surface area (Å²) in [6.45, 7) is 0. The molecule has 0 saturated carbocycles. The fourth-order valence-electron chi connectivity index (χ4n) is 0.451. The Morgan fingerprint density at radius 3 is 2.80 bits per heavy atom. The van der Waals surface area contributed by atoms with Crippen LogP contribution in [-0.2, 0) is 0 Å². The summed E-state index contributed by atoms with van der Waals surface area (Å²) in [7, 11) is 0. The predicted octanol–water partition coefficient (Wildman–Crippen LogP) is 1.86. The minimum atomic E-state index is -0.847. The molecular weight excluding hydrogens is 174 g/mol. The Morgan fingerprint density at radius 2 is 2.40 bits per heavy atom. The minimum Gasteiger partial charge on any atom is -0.408 e. The zero-order valence-electron chi connectivity index (χ0n) is 4.83. The van der Waals surface area contributed by atoms with Crippen LogP contribution in [0, 0.1) is 0 Å². The van der Waals surface area contributed by atoms with Gasteiger partial charge in [0, 0.05) is 10.8 Å². The lowest BCUT2D eigenvalue weighted by atomic mass is 10.6. The highest BCUT2D eigenvalue weighted by atomic mass is 35.5. The van der Waals surface area contributed by atoms with Crippen LogP contribution in [0.2, 0.25) is 5.02 Å². The van der Waals surface area contributed by atoms with Gasteiger partial charge < -0.3 is 10.5 Å². The molecule has 0 spiro atoms. The molecule has 2 N–H and O–H groups in total. The topological polar surface area (TPSA) is 52.3 Å². The number of hydrogen-bond acceptors (Lipinski definition) is 3. The van der Waals surface area contributed by atoms with Gasteiger partial charge in [0.05, 0.1) is 5.02 Å². The van der Waals surface area contributed by atoms with Crippen LogP contribution in [0.3, 0.4) is 0 Å². The zero-order valence-corrected chi connectivity index (χ0v) is 6.41. The number of carbonyl (C=O) groups is 1. The SMILES string of the molecule is NC(=O)Oc1cscc1Cl. The second-order valence-electron chi connectivity index (χ2n) is 1.51. The van der Waals surface area contributed by atoms with E-state index in [1.165, 1.54) is 11.3 Å². The molecular formula is C5H4ClNO2S. The number of hydrogen-bond donors (Lipinski definition) is 1. The van der Waals surface area contributed by atoms with E-state index in [1.807, 2.05) is 0 Å². The maximum atomic E-state index is 10.2. The van der Waals surface area contributed by atoms with Crippen molar-refractivity contribution < 1.29 is 9.53 Å². The third-order valence-corrected chi connectivity index (χ3v) is 1.94. The lowest BCUT2D eigenvalue weighted by molar-refractivity contribution is 0.211. The van der Waals surface area contributed by atoms with Crippen molar-refractivity contribution in [3.8, 4) is 5.75 Å². The molecule has 5 heteroatoms. The molecule has 1 amide bonds. The standard InChI is InChI=1S/C5H4ClNO2S/c6-3-1-10-2-4(3)9-5(7)8/h1-2H,(H2,7,8). The van der Waals surface area contributed by atoms with Crippen molar-refractivity contribution in [1.29, 1.82) is 0 Å². The van der Waals surface area contributed by atoms with Crippen LogP contribution in [0.1, 0.15) is 0 Å². The fraction of sp³-hybridized carbons (Fsp3) is 0. The van der Waals surface area contributed by atoms with Gasteiger partial charge in [-0.25, -0.2) is 4.79 Å². The summed E-state index contributed by atoms with van der Waals surface area (Å²) in [6.07, 6.45) is -0.847. The first-order valence-electron chi connectivity index (χ1n) is 2.39. The number of amides is 1. The number of nitrogens with two attached hydrogens (primary N) is 1. The van der Waals surface area contributed by atoms with Crippen LogP contribution in [0.25, 0.3) is 0 Å². The lowest BCUT2D eigenvalue weighted by Gasteiger charge is -1.94. The summed E-state index contributed by atoms with van der Waals surface area (Å²) >= 11 is 6.90. The van der Waals surface area contributed by atoms with Gasteiger partial charge in [0.15, 0.2) is 5.75 Å². The molecule has 1 rings (SSSR count). The van der Waals surface area contributed by atoms with Crippen LogP contribution >= 0.6 is 22.9 Å². The van der Waals surface area contributed by atoms with Gasteiger partial charge in [0.2, 0.25) is 0 Å². The minimum absolute atomic E-state index is 0.319. The average molecular weight is 178 g/mol. The summed E-state index contributed by atoms with van der Waals surface area (Å²) in [5.74, 6) is 0.319. The Bertz CT molecular complexity index is 248. The molecule has 10 heavy (non-hydrogen) atoms. The highest BCUT2D eigenvalue weighted by Crippen LogP contribution is 2.27. The largest absolute Gasteiger partial charge is 0.410 e. The number of ether oxygens (including phenoxy) is 1. The molecule has 54 valence electrons. The Labute approximate surface area is 66.4 Å². The van der Waals surface area contributed by atoms with E-state index < -0.39 is 6.09 Å². The fourth-order valence-corrected chi connectivity index (χ4v) is 1.37. The smallest absolute Gasteiger partial charge is 0.408 e. The summed E-state index contributed by atoms with van der Waals surface area (Å²) in [5, 5.41) is 3.66. The number of halogens is 1. The van der Waals surface area contributed by atoms with E-state index in [2.05, 4.69) is 4.74 Å². The normalized spacial score (nSPS) is 9.30. The van der Waals surface area contributed by atoms with Crippen molar-refractivity contribution in [2.45, 2.75) is 0 Å². The number of rotatable bonds is 1. The zero-order chi connectivity index (χ0) is 7.56. The van der Waals surface area contributed by atoms with Crippen LogP contribution in [0.15, 0.2) is 10.8 Å². The Morgan fingerprint density at radius 1 is 1.70 bits per heavy atom. The van der Waals surface area contributed by atoms with Gasteiger partial charge in [-0.3, -0.25) is 0 Å². The first-order valence-corrected chi connectivity index (χ1v) is 3.71. The summed E-state index contributed by atoms with van der Waals surface area (Å²) in [4.78, 5) is 10.2. The maximum Gasteiger partial charge on any atom is 0.410 e. The Balaban J connectivity index is 2.74. The third-order valence-electron chi connectivity index (χ3n) is 0.793. The number of carbonyl (C=O) groups excluding carboxylic acids is 1. The van der Waals surface area contributed by atoms with Crippen molar-refractivity contribution in [3.63, 3.8) is 0 Å². The average Bonchev–Trinajstić information content (AvgIpc) is 2.15. The Kier molecular flexibility index (Phi) is 2.13. The molecule has 0 saturated heterocycles. The van der Waals surface area contributed by atoms with E-state index >= 15 is 0 Å². The third kappa shape index (κ3) is 1.62. The van der Waals surface area contributed by atoms with Gasteiger partial charge in [-0.2, -0.15) is 0 Å². The molecule has 0 bridgehead atoms. The lowest BCUT2D eigenvalue weighted by Crippen LogP contribution is -2.15. The molecule has 0 unspecified atom stereocenters. The molecule has 0 aromatic carbocycles. The van der Waals surface area contributed by atoms with E-state index in [-0.39, 0.29) is 0 Å². The Hall–Kier alpha value is -0.740. The van der Waals surface area contributed by atoms with Gasteiger partial charge in [0.1, 0.15) is 0 Å². The van der Waals surface area contributed by atoms with Crippen molar-refractivity contribution >= 4 is 29.0 Å². The molecule has 0 aliphatic carbocycles. The number of primary amides is 1. The second kappa shape index (κ2) is 2.90.